The van der Waals surface area contributed by atoms with E-state index in [-0.39, 0.29) is 16.8 Å². The molecule has 2 saturated carbocycles. The number of benzene rings is 1. The Labute approximate surface area is 227 Å². The van der Waals surface area contributed by atoms with Gasteiger partial charge in [0, 0.05) is 18.4 Å². The first-order valence-electron chi connectivity index (χ1n) is 14.4. The molecule has 3 aliphatic rings. The van der Waals surface area contributed by atoms with Gasteiger partial charge in [0.2, 0.25) is 0 Å². The number of alkyl halides is 2. The van der Waals surface area contributed by atoms with Gasteiger partial charge in [-0.2, -0.15) is 0 Å². The summed E-state index contributed by atoms with van der Waals surface area (Å²) in [4.78, 5) is 13.5. The number of Topliss-reactive ketones (excluding diaryl/α,β-unsaturated/α-hetero) is 1. The number of hydrogen-bond acceptors (Lipinski definition) is 2. The molecule has 1 N–H and O–H groups in total. The second kappa shape index (κ2) is 11.8. The first-order valence-corrected chi connectivity index (χ1v) is 14.4. The number of aliphatic hydroxyl groups is 1. The quantitative estimate of drug-likeness (QED) is 0.246. The van der Waals surface area contributed by atoms with Crippen LogP contribution in [0.2, 0.25) is 0 Å². The van der Waals surface area contributed by atoms with E-state index >= 15 is 0 Å². The van der Waals surface area contributed by atoms with Crippen molar-refractivity contribution in [2.24, 2.45) is 23.2 Å². The zero-order valence-electron chi connectivity index (χ0n) is 23.1. The van der Waals surface area contributed by atoms with Gasteiger partial charge < -0.3 is 5.11 Å². The van der Waals surface area contributed by atoms with E-state index in [2.05, 4.69) is 43.9 Å². The van der Waals surface area contributed by atoms with Gasteiger partial charge >= 0.3 is 0 Å². The first kappa shape index (κ1) is 28.7. The van der Waals surface area contributed by atoms with E-state index in [0.29, 0.717) is 29.7 Å². The highest BCUT2D eigenvalue weighted by molar-refractivity contribution is 5.96. The molecule has 0 amide bonds. The summed E-state index contributed by atoms with van der Waals surface area (Å²) in [7, 11) is 0. The van der Waals surface area contributed by atoms with Crippen LogP contribution in [0, 0.1) is 23.2 Å². The predicted octanol–water partition coefficient (Wildman–Crippen LogP) is 9.12. The summed E-state index contributed by atoms with van der Waals surface area (Å²) < 4.78 is 29.0. The topological polar surface area (TPSA) is 37.3 Å². The van der Waals surface area contributed by atoms with Crippen LogP contribution in [0.15, 0.2) is 72.9 Å². The molecule has 0 saturated heterocycles. The van der Waals surface area contributed by atoms with Crippen LogP contribution in [0.25, 0.3) is 0 Å². The van der Waals surface area contributed by atoms with Crippen LogP contribution in [0.5, 0.6) is 0 Å². The minimum atomic E-state index is -3.35. The molecular weight excluding hydrogens is 478 g/mol. The van der Waals surface area contributed by atoms with E-state index in [9.17, 15) is 18.7 Å². The van der Waals surface area contributed by atoms with Gasteiger partial charge in [-0.1, -0.05) is 92.5 Å². The Balaban J connectivity index is 1.44. The minimum Gasteiger partial charge on any atom is -0.379 e. The van der Waals surface area contributed by atoms with Crippen molar-refractivity contribution in [2.45, 2.75) is 96.0 Å². The van der Waals surface area contributed by atoms with E-state index in [1.165, 1.54) is 44.2 Å². The summed E-state index contributed by atoms with van der Waals surface area (Å²) in [6, 6.07) is 6.16. The van der Waals surface area contributed by atoms with Crippen molar-refractivity contribution in [3.63, 3.8) is 0 Å². The van der Waals surface area contributed by atoms with Crippen LogP contribution in [0.3, 0.4) is 0 Å². The highest BCUT2D eigenvalue weighted by Crippen LogP contribution is 2.53. The zero-order valence-corrected chi connectivity index (χ0v) is 23.1. The molecule has 3 aliphatic carbocycles. The smallest absolute Gasteiger partial charge is 0.283 e. The maximum absolute atomic E-state index is 14.5. The Hall–Kier alpha value is -2.33. The molecule has 2 fully saturated rings. The zero-order chi connectivity index (χ0) is 27.4. The van der Waals surface area contributed by atoms with Gasteiger partial charge in [0.15, 0.2) is 11.4 Å². The summed E-state index contributed by atoms with van der Waals surface area (Å²) in [6.07, 6.45) is 22.5. The summed E-state index contributed by atoms with van der Waals surface area (Å²) in [6.45, 7) is 6.90. The molecule has 0 bridgehead atoms. The van der Waals surface area contributed by atoms with Crippen molar-refractivity contribution in [1.29, 1.82) is 0 Å². The maximum atomic E-state index is 14.5. The molecule has 1 aromatic rings. The van der Waals surface area contributed by atoms with Gasteiger partial charge in [-0.25, -0.2) is 8.78 Å². The summed E-state index contributed by atoms with van der Waals surface area (Å²) in [5, 5.41) is 10.6. The van der Waals surface area contributed by atoms with Gasteiger partial charge in [-0.05, 0) is 74.2 Å². The SMILES string of the molecule is C=CCC(F)(F)[C@@](C)(O)c1ccc(C(=O)CC(C2CCC2)C2(C)CCC(C3=CC=CC=CCC3)CC2)cc1. The fourth-order valence-corrected chi connectivity index (χ4v) is 6.82. The third kappa shape index (κ3) is 6.11. The van der Waals surface area contributed by atoms with Crippen LogP contribution < -0.4 is 0 Å². The lowest BCUT2D eigenvalue weighted by Gasteiger charge is -2.49. The number of allylic oxidation sites excluding steroid dienone is 7. The molecule has 4 rings (SSSR count). The average Bonchev–Trinajstić information content (AvgIpc) is 2.83. The Kier molecular flexibility index (Phi) is 8.92. The lowest BCUT2D eigenvalue weighted by molar-refractivity contribution is -0.175. The van der Waals surface area contributed by atoms with Crippen molar-refractivity contribution in [1.82, 2.24) is 0 Å². The van der Waals surface area contributed by atoms with E-state index in [1.807, 2.05) is 0 Å². The molecular formula is C34H44F2O2. The maximum Gasteiger partial charge on any atom is 0.283 e. The number of hydrogen-bond donors (Lipinski definition) is 1. The van der Waals surface area contributed by atoms with Gasteiger partial charge in [0.05, 0.1) is 0 Å². The fourth-order valence-electron chi connectivity index (χ4n) is 6.82. The third-order valence-electron chi connectivity index (χ3n) is 9.82. The van der Waals surface area contributed by atoms with E-state index in [4.69, 9.17) is 0 Å². The first-order chi connectivity index (χ1) is 18.1. The van der Waals surface area contributed by atoms with Gasteiger partial charge in [-0.15, -0.1) is 6.58 Å². The molecule has 2 nitrogen and oxygen atoms in total. The number of carbonyl (C=O) groups excluding carboxylic acids is 1. The van der Waals surface area contributed by atoms with Crippen molar-refractivity contribution < 1.29 is 18.7 Å². The van der Waals surface area contributed by atoms with Gasteiger partial charge in [0.25, 0.3) is 5.92 Å². The second-order valence-electron chi connectivity index (χ2n) is 12.3. The van der Waals surface area contributed by atoms with E-state index < -0.39 is 17.9 Å². The molecule has 0 aliphatic heterocycles. The van der Waals surface area contributed by atoms with Crippen LogP contribution in [-0.2, 0) is 5.60 Å². The van der Waals surface area contributed by atoms with Crippen LogP contribution in [-0.4, -0.2) is 16.8 Å². The molecule has 0 heterocycles. The Morgan fingerprint density at radius 3 is 2.42 bits per heavy atom. The Bertz CT molecular complexity index is 1060. The molecule has 2 atom stereocenters. The molecule has 38 heavy (non-hydrogen) atoms. The highest BCUT2D eigenvalue weighted by Gasteiger charge is 2.49. The molecule has 0 radical (unpaired) electrons. The lowest BCUT2D eigenvalue weighted by Crippen LogP contribution is -2.42. The monoisotopic (exact) mass is 522 g/mol. The van der Waals surface area contributed by atoms with E-state index in [1.54, 1.807) is 17.7 Å². The van der Waals surface area contributed by atoms with Crippen molar-refractivity contribution in [3.05, 3.63) is 84.0 Å². The molecule has 1 unspecified atom stereocenters. The minimum absolute atomic E-state index is 0.0777. The molecule has 1 aromatic carbocycles. The van der Waals surface area contributed by atoms with Gasteiger partial charge in [0.1, 0.15) is 0 Å². The number of carbonyl (C=O) groups is 1. The van der Waals surface area contributed by atoms with Crippen LogP contribution in [0.4, 0.5) is 8.78 Å². The lowest BCUT2D eigenvalue weighted by atomic mass is 9.56. The highest BCUT2D eigenvalue weighted by atomic mass is 19.3. The summed E-state index contributed by atoms with van der Waals surface area (Å²) in [5.41, 5.74) is 0.0271. The Morgan fingerprint density at radius 1 is 1.13 bits per heavy atom. The predicted molar refractivity (Wildman–Crippen MR) is 151 cm³/mol. The molecule has 4 heteroatoms. The number of ketones is 1. The summed E-state index contributed by atoms with van der Waals surface area (Å²) >= 11 is 0. The third-order valence-corrected chi connectivity index (χ3v) is 9.82. The normalized spacial score (nSPS) is 26.9. The molecule has 206 valence electrons. The summed E-state index contributed by atoms with van der Waals surface area (Å²) in [5.74, 6) is -1.70. The fraction of sp³-hybridized carbons (Fsp3) is 0.559. The second-order valence-corrected chi connectivity index (χ2v) is 12.3. The molecule has 0 aromatic heterocycles. The average molecular weight is 523 g/mol. The Morgan fingerprint density at radius 2 is 1.82 bits per heavy atom. The standard InChI is InChI=1S/C34H44F2O2/c1-4-21-34(35,36)33(3,38)29-17-15-28(16-18-29)31(37)24-30(27-13-10-14-27)32(2)22-19-26(20-23-32)25-11-8-6-5-7-9-12-25/h4-8,11,15-18,26-27,30,38H,1,9-10,12-14,19-24H2,2-3H3/t26?,30?,32?,33-/m0/s1. The number of halogens is 2. The van der Waals surface area contributed by atoms with Crippen molar-refractivity contribution in [3.8, 4) is 0 Å². The van der Waals surface area contributed by atoms with Crippen molar-refractivity contribution >= 4 is 5.78 Å². The molecule has 0 spiro atoms. The van der Waals surface area contributed by atoms with Crippen LogP contribution in [0.1, 0.15) is 100 Å². The number of rotatable bonds is 10. The largest absolute Gasteiger partial charge is 0.379 e. The van der Waals surface area contributed by atoms with Gasteiger partial charge in [-0.3, -0.25) is 4.79 Å². The van der Waals surface area contributed by atoms with Crippen molar-refractivity contribution in [2.75, 3.05) is 0 Å². The van der Waals surface area contributed by atoms with E-state index in [0.717, 1.165) is 38.7 Å². The van der Waals surface area contributed by atoms with Crippen LogP contribution >= 0.6 is 0 Å².